The van der Waals surface area contributed by atoms with Crippen LogP contribution in [0.5, 0.6) is 0 Å². The molecule has 5 heteroatoms. The summed E-state index contributed by atoms with van der Waals surface area (Å²) in [4.78, 5) is 9.39. The maximum Gasteiger partial charge on any atom is 0.0710 e. The number of benzene rings is 6. The number of anilines is 3. The van der Waals surface area contributed by atoms with E-state index in [1.165, 1.54) is 0 Å². The number of nitrogen functional groups attached to an aromatic ring is 1. The van der Waals surface area contributed by atoms with Gasteiger partial charge in [-0.25, -0.2) is 9.97 Å². The van der Waals surface area contributed by atoms with Gasteiger partial charge in [0.2, 0.25) is 0 Å². The van der Waals surface area contributed by atoms with Crippen molar-refractivity contribution in [2.45, 2.75) is 14.9 Å². The van der Waals surface area contributed by atoms with Crippen LogP contribution in [0.1, 0.15) is 14.9 Å². The Morgan fingerprint density at radius 3 is 1.43 bits per heavy atom. The van der Waals surface area contributed by atoms with E-state index in [1.54, 1.807) is 0 Å². The quantitative estimate of drug-likeness (QED) is 0.184. The average Bonchev–Trinajstić information content (AvgIpc) is 3.13. The smallest absolute Gasteiger partial charge is 0.0710 e. The number of rotatable bonds is 4. The van der Waals surface area contributed by atoms with E-state index in [-0.39, 0.29) is 14.9 Å². The number of fused-ring (bicyclic) bond motifs is 2. The number of nitrogens with two attached hydrogens (primary N) is 1. The molecule has 3 N–H and O–H groups in total. The van der Waals surface area contributed by atoms with Gasteiger partial charge >= 0.3 is 0 Å². The van der Waals surface area contributed by atoms with Gasteiger partial charge in [0.1, 0.15) is 0 Å². The summed E-state index contributed by atoms with van der Waals surface area (Å²) in [5.74, 6) is 0. The molecule has 0 radical (unpaired) electrons. The SMILES string of the molecule is C.C.Clc1cccc(-c2ccc3ccccc3n2)c1.Nc1ccccc1.c1ccc(Nc2cccc(-c3ccc4ccccc4n3)c2)cc1. The summed E-state index contributed by atoms with van der Waals surface area (Å²) in [6, 6.07) is 60.3. The van der Waals surface area contributed by atoms with Crippen LogP contribution in [0.4, 0.5) is 17.1 Å². The van der Waals surface area contributed by atoms with E-state index >= 15 is 0 Å². The van der Waals surface area contributed by atoms with E-state index in [2.05, 4.69) is 77.0 Å². The lowest BCUT2D eigenvalue weighted by molar-refractivity contribution is 1.40. The van der Waals surface area contributed by atoms with Crippen molar-refractivity contribution in [3.8, 4) is 22.5 Å². The van der Waals surface area contributed by atoms with Crippen molar-refractivity contribution < 1.29 is 0 Å². The molecule has 0 aliphatic rings. The molecule has 49 heavy (non-hydrogen) atoms. The van der Waals surface area contributed by atoms with Crippen molar-refractivity contribution in [1.82, 2.24) is 9.97 Å². The lowest BCUT2D eigenvalue weighted by atomic mass is 10.1. The highest BCUT2D eigenvalue weighted by Crippen LogP contribution is 2.26. The minimum Gasteiger partial charge on any atom is -0.399 e. The van der Waals surface area contributed by atoms with Gasteiger partial charge in [-0.3, -0.25) is 0 Å². The molecule has 0 aliphatic carbocycles. The Kier molecular flexibility index (Phi) is 13.0. The molecule has 6 aromatic carbocycles. The predicted molar refractivity (Wildman–Crippen MR) is 213 cm³/mol. The lowest BCUT2D eigenvalue weighted by Gasteiger charge is -2.09. The number of para-hydroxylation sites is 4. The van der Waals surface area contributed by atoms with Crippen LogP contribution in [0.25, 0.3) is 44.3 Å². The minimum absolute atomic E-state index is 0. The Hall–Kier alpha value is -5.97. The van der Waals surface area contributed by atoms with E-state index in [0.717, 1.165) is 66.4 Å². The zero-order valence-electron chi connectivity index (χ0n) is 25.7. The molecule has 2 aromatic heterocycles. The van der Waals surface area contributed by atoms with Gasteiger partial charge < -0.3 is 11.1 Å². The van der Waals surface area contributed by atoms with E-state index in [1.807, 2.05) is 115 Å². The zero-order chi connectivity index (χ0) is 32.3. The van der Waals surface area contributed by atoms with Crippen LogP contribution in [-0.4, -0.2) is 9.97 Å². The molecule has 0 unspecified atom stereocenters. The number of nitrogens with one attached hydrogen (secondary N) is 1. The van der Waals surface area contributed by atoms with Crippen molar-refractivity contribution in [3.05, 3.63) is 187 Å². The number of nitrogens with zero attached hydrogens (tertiary/aromatic N) is 2. The molecular weight excluding hydrogens is 620 g/mol. The number of aromatic nitrogens is 2. The summed E-state index contributed by atoms with van der Waals surface area (Å²) in [6.45, 7) is 0. The van der Waals surface area contributed by atoms with Crippen molar-refractivity contribution >= 4 is 50.5 Å². The fraction of sp³-hybridized carbons (Fsp3) is 0.0455. The van der Waals surface area contributed by atoms with Crippen LogP contribution in [0.3, 0.4) is 0 Å². The van der Waals surface area contributed by atoms with Crippen LogP contribution in [0.2, 0.25) is 5.02 Å². The highest BCUT2D eigenvalue weighted by molar-refractivity contribution is 6.30. The molecule has 0 atom stereocenters. The second-order valence-corrected chi connectivity index (χ2v) is 11.2. The molecule has 2 heterocycles. The van der Waals surface area contributed by atoms with E-state index in [4.69, 9.17) is 22.3 Å². The molecule has 0 aliphatic heterocycles. The number of hydrogen-bond donors (Lipinski definition) is 2. The fourth-order valence-corrected chi connectivity index (χ4v) is 5.19. The molecule has 0 spiro atoms. The summed E-state index contributed by atoms with van der Waals surface area (Å²) < 4.78 is 0. The third kappa shape index (κ3) is 10.0. The second kappa shape index (κ2) is 17.8. The summed E-state index contributed by atoms with van der Waals surface area (Å²) >= 11 is 5.99. The zero-order valence-corrected chi connectivity index (χ0v) is 26.4. The van der Waals surface area contributed by atoms with E-state index < -0.39 is 0 Å². The van der Waals surface area contributed by atoms with Gasteiger partial charge in [-0.2, -0.15) is 0 Å². The van der Waals surface area contributed by atoms with Gasteiger partial charge in [0.25, 0.3) is 0 Å². The Morgan fingerprint density at radius 1 is 0.429 bits per heavy atom. The molecular formula is C44H41ClN4. The van der Waals surface area contributed by atoms with Crippen LogP contribution < -0.4 is 11.1 Å². The lowest BCUT2D eigenvalue weighted by Crippen LogP contribution is -1.91. The third-order valence-corrected chi connectivity index (χ3v) is 7.57. The normalized spacial score (nSPS) is 9.90. The Labute approximate surface area is 294 Å². The largest absolute Gasteiger partial charge is 0.399 e. The first kappa shape index (κ1) is 35.9. The summed E-state index contributed by atoms with van der Waals surface area (Å²) in [7, 11) is 0. The summed E-state index contributed by atoms with van der Waals surface area (Å²) in [5, 5.41) is 6.47. The first-order chi connectivity index (χ1) is 23.1. The predicted octanol–water partition coefficient (Wildman–Crippen LogP) is 12.7. The van der Waals surface area contributed by atoms with Crippen LogP contribution in [-0.2, 0) is 0 Å². The maximum absolute atomic E-state index is 5.99. The highest BCUT2D eigenvalue weighted by Gasteiger charge is 2.04. The molecule has 0 fully saturated rings. The molecule has 0 saturated heterocycles. The molecule has 8 aromatic rings. The third-order valence-electron chi connectivity index (χ3n) is 7.34. The summed E-state index contributed by atoms with van der Waals surface area (Å²) in [6.07, 6.45) is 0. The maximum atomic E-state index is 5.99. The first-order valence-electron chi connectivity index (χ1n) is 15.3. The van der Waals surface area contributed by atoms with Crippen LogP contribution >= 0.6 is 11.6 Å². The van der Waals surface area contributed by atoms with Gasteiger partial charge in [-0.05, 0) is 72.8 Å². The fourth-order valence-electron chi connectivity index (χ4n) is 5.00. The number of pyridine rings is 2. The summed E-state index contributed by atoms with van der Waals surface area (Å²) in [5.41, 5.74) is 14.4. The topological polar surface area (TPSA) is 63.8 Å². The Morgan fingerprint density at radius 2 is 0.898 bits per heavy atom. The van der Waals surface area contributed by atoms with E-state index in [9.17, 15) is 0 Å². The van der Waals surface area contributed by atoms with Gasteiger partial charge in [-0.1, -0.05) is 136 Å². The van der Waals surface area contributed by atoms with Crippen molar-refractivity contribution in [3.63, 3.8) is 0 Å². The highest BCUT2D eigenvalue weighted by atomic mass is 35.5. The molecule has 0 bridgehead atoms. The Bertz CT molecular complexity index is 2200. The number of hydrogen-bond acceptors (Lipinski definition) is 4. The van der Waals surface area contributed by atoms with Crippen molar-refractivity contribution in [2.24, 2.45) is 0 Å². The standard InChI is InChI=1S/C21H16N2.C15H10ClN.C6H7N.2CH4/c1-2-9-18(10-3-1)22-19-11-6-8-17(15-19)21-14-13-16-7-4-5-12-20(16)23-21;16-13-6-3-5-12(10-13)15-9-8-11-4-1-2-7-14(11)17-15;7-6-4-2-1-3-5-6;;/h1-15,22H;1-10H;1-5H,7H2;2*1H4. The molecule has 0 amide bonds. The molecule has 0 saturated carbocycles. The molecule has 8 rings (SSSR count). The monoisotopic (exact) mass is 660 g/mol. The molecule has 244 valence electrons. The first-order valence-corrected chi connectivity index (χ1v) is 15.7. The second-order valence-electron chi connectivity index (χ2n) is 10.8. The van der Waals surface area contributed by atoms with E-state index in [0.29, 0.717) is 0 Å². The van der Waals surface area contributed by atoms with Crippen molar-refractivity contribution in [2.75, 3.05) is 11.1 Å². The number of halogens is 1. The minimum atomic E-state index is 0. The van der Waals surface area contributed by atoms with Gasteiger partial charge in [-0.15, -0.1) is 0 Å². The Balaban J connectivity index is 0.000000183. The van der Waals surface area contributed by atoms with Gasteiger partial charge in [0, 0.05) is 44.0 Å². The van der Waals surface area contributed by atoms with Gasteiger partial charge in [0.15, 0.2) is 0 Å². The van der Waals surface area contributed by atoms with Crippen LogP contribution in [0.15, 0.2) is 182 Å². The average molecular weight is 661 g/mol. The van der Waals surface area contributed by atoms with Crippen LogP contribution in [0, 0.1) is 0 Å². The van der Waals surface area contributed by atoms with Crippen molar-refractivity contribution in [1.29, 1.82) is 0 Å². The van der Waals surface area contributed by atoms with Gasteiger partial charge in [0.05, 0.1) is 22.4 Å². The molecule has 4 nitrogen and oxygen atoms in total.